The minimum Gasteiger partial charge on any atom is -0.399 e. The first-order chi connectivity index (χ1) is 9.66. The third-order valence-corrected chi connectivity index (χ3v) is 3.19. The highest BCUT2D eigenvalue weighted by atomic mass is 16.1. The van der Waals surface area contributed by atoms with Crippen molar-refractivity contribution >= 4 is 11.5 Å². The van der Waals surface area contributed by atoms with Gasteiger partial charge in [-0.2, -0.15) is 0 Å². The molecule has 5 nitrogen and oxygen atoms in total. The lowest BCUT2D eigenvalue weighted by Crippen LogP contribution is -2.35. The summed E-state index contributed by atoms with van der Waals surface area (Å²) in [5.41, 5.74) is 6.97. The van der Waals surface area contributed by atoms with Gasteiger partial charge in [0, 0.05) is 30.2 Å². The first kappa shape index (κ1) is 14.3. The van der Waals surface area contributed by atoms with Gasteiger partial charge in [-0.3, -0.25) is 4.79 Å². The summed E-state index contributed by atoms with van der Waals surface area (Å²) in [5, 5.41) is 3.24. The highest BCUT2D eigenvalue weighted by molar-refractivity contribution is 6.00. The van der Waals surface area contributed by atoms with E-state index in [1.165, 1.54) is 0 Å². The zero-order valence-corrected chi connectivity index (χ0v) is 11.6. The van der Waals surface area contributed by atoms with Crippen LogP contribution in [0.1, 0.15) is 23.7 Å². The van der Waals surface area contributed by atoms with Crippen molar-refractivity contribution in [3.8, 4) is 0 Å². The lowest BCUT2D eigenvalue weighted by atomic mass is 10.1. The molecule has 0 aliphatic carbocycles. The number of aromatic nitrogens is 2. The summed E-state index contributed by atoms with van der Waals surface area (Å²) in [6.07, 6.45) is 6.45. The van der Waals surface area contributed by atoms with Crippen LogP contribution in [0.2, 0.25) is 0 Å². The van der Waals surface area contributed by atoms with Crippen molar-refractivity contribution in [3.05, 3.63) is 48.5 Å². The summed E-state index contributed by atoms with van der Waals surface area (Å²) in [5.74, 6) is 0.0904. The Morgan fingerprint density at radius 2 is 2.15 bits per heavy atom. The molecule has 0 spiro atoms. The number of imidazole rings is 1. The molecule has 1 aromatic carbocycles. The third-order valence-electron chi connectivity index (χ3n) is 3.19. The fourth-order valence-corrected chi connectivity index (χ4v) is 1.99. The number of hydrogen-bond acceptors (Lipinski definition) is 4. The van der Waals surface area contributed by atoms with Crippen molar-refractivity contribution < 1.29 is 4.79 Å². The summed E-state index contributed by atoms with van der Waals surface area (Å²) < 4.78 is 2.02. The van der Waals surface area contributed by atoms with Crippen LogP contribution in [0, 0.1) is 0 Å². The summed E-state index contributed by atoms with van der Waals surface area (Å²) in [6, 6.07) is 6.84. The fourth-order valence-electron chi connectivity index (χ4n) is 1.99. The van der Waals surface area contributed by atoms with Crippen molar-refractivity contribution in [1.29, 1.82) is 0 Å². The Morgan fingerprint density at radius 1 is 1.40 bits per heavy atom. The Kier molecular flexibility index (Phi) is 4.90. The van der Waals surface area contributed by atoms with Crippen LogP contribution in [0.3, 0.4) is 0 Å². The highest BCUT2D eigenvalue weighted by Gasteiger charge is 2.13. The number of Topliss-reactive ketones (excluding diaryl/α,β-unsaturated/α-hetero) is 1. The molecule has 0 amide bonds. The molecule has 2 rings (SSSR count). The molecule has 1 atom stereocenters. The van der Waals surface area contributed by atoms with Crippen LogP contribution in [0.5, 0.6) is 0 Å². The molecule has 0 saturated heterocycles. The highest BCUT2D eigenvalue weighted by Crippen LogP contribution is 2.08. The van der Waals surface area contributed by atoms with E-state index >= 15 is 0 Å². The minimum atomic E-state index is -0.193. The average molecular weight is 272 g/mol. The van der Waals surface area contributed by atoms with Crippen LogP contribution in [0.15, 0.2) is 43.0 Å². The monoisotopic (exact) mass is 272 g/mol. The number of hydrogen-bond donors (Lipinski definition) is 2. The number of aryl methyl sites for hydroxylation is 1. The SMILES string of the molecule is CC(NCCCn1ccnc1)C(=O)c1ccc(N)cc1. The first-order valence-corrected chi connectivity index (χ1v) is 6.75. The topological polar surface area (TPSA) is 72.9 Å². The number of benzene rings is 1. The van der Waals surface area contributed by atoms with Crippen LogP contribution in [0.4, 0.5) is 5.69 Å². The normalized spacial score (nSPS) is 12.2. The molecule has 0 aliphatic heterocycles. The average Bonchev–Trinajstić information content (AvgIpc) is 2.96. The van der Waals surface area contributed by atoms with Gasteiger partial charge >= 0.3 is 0 Å². The number of rotatable bonds is 7. The number of nitrogens with two attached hydrogens (primary N) is 1. The standard InChI is InChI=1S/C15H20N4O/c1-12(15(20)13-3-5-14(16)6-4-13)18-7-2-9-19-10-8-17-11-19/h3-6,8,10-12,18H,2,7,9,16H2,1H3. The van der Waals surface area contributed by atoms with Crippen LogP contribution >= 0.6 is 0 Å². The lowest BCUT2D eigenvalue weighted by Gasteiger charge is -2.13. The van der Waals surface area contributed by atoms with Gasteiger partial charge in [-0.25, -0.2) is 4.98 Å². The minimum absolute atomic E-state index is 0.0904. The van der Waals surface area contributed by atoms with E-state index in [2.05, 4.69) is 10.3 Å². The Morgan fingerprint density at radius 3 is 2.80 bits per heavy atom. The number of nitrogen functional groups attached to an aromatic ring is 1. The number of ketones is 1. The van der Waals surface area contributed by atoms with Gasteiger partial charge < -0.3 is 15.6 Å². The largest absolute Gasteiger partial charge is 0.399 e. The van der Waals surface area contributed by atoms with Gasteiger partial charge in [0.1, 0.15) is 0 Å². The van der Waals surface area contributed by atoms with E-state index in [-0.39, 0.29) is 11.8 Å². The van der Waals surface area contributed by atoms with Crippen molar-refractivity contribution in [2.75, 3.05) is 12.3 Å². The zero-order chi connectivity index (χ0) is 14.4. The fraction of sp³-hybridized carbons (Fsp3) is 0.333. The molecule has 3 N–H and O–H groups in total. The molecular formula is C15H20N4O. The summed E-state index contributed by atoms with van der Waals surface area (Å²) >= 11 is 0. The molecule has 5 heteroatoms. The van der Waals surface area contributed by atoms with Gasteiger partial charge in [0.25, 0.3) is 0 Å². The van der Waals surface area contributed by atoms with E-state index < -0.39 is 0 Å². The Bertz CT molecular complexity index is 534. The second-order valence-corrected chi connectivity index (χ2v) is 4.82. The Labute approximate surface area is 118 Å². The Balaban J connectivity index is 1.75. The van der Waals surface area contributed by atoms with Gasteiger partial charge in [-0.05, 0) is 44.2 Å². The molecule has 0 fully saturated rings. The maximum atomic E-state index is 12.2. The molecule has 0 bridgehead atoms. The summed E-state index contributed by atoms with van der Waals surface area (Å²) in [4.78, 5) is 16.1. The number of anilines is 1. The number of nitrogens with zero attached hydrogens (tertiary/aromatic N) is 2. The number of carbonyl (C=O) groups is 1. The maximum absolute atomic E-state index is 12.2. The van der Waals surface area contributed by atoms with Crippen LogP contribution in [0.25, 0.3) is 0 Å². The van der Waals surface area contributed by atoms with Crippen LogP contribution in [-0.2, 0) is 6.54 Å². The van der Waals surface area contributed by atoms with Gasteiger partial charge in [-0.15, -0.1) is 0 Å². The molecule has 2 aromatic rings. The van der Waals surface area contributed by atoms with Crippen molar-refractivity contribution in [2.45, 2.75) is 25.9 Å². The molecule has 0 aliphatic rings. The van der Waals surface area contributed by atoms with E-state index in [0.29, 0.717) is 11.3 Å². The predicted molar refractivity (Wildman–Crippen MR) is 79.5 cm³/mol. The van der Waals surface area contributed by atoms with Crippen molar-refractivity contribution in [1.82, 2.24) is 14.9 Å². The molecular weight excluding hydrogens is 252 g/mol. The maximum Gasteiger partial charge on any atom is 0.179 e. The zero-order valence-electron chi connectivity index (χ0n) is 11.6. The third kappa shape index (κ3) is 3.93. The van der Waals surface area contributed by atoms with Crippen molar-refractivity contribution in [3.63, 3.8) is 0 Å². The van der Waals surface area contributed by atoms with E-state index in [1.807, 2.05) is 17.7 Å². The van der Waals surface area contributed by atoms with E-state index in [4.69, 9.17) is 5.73 Å². The van der Waals surface area contributed by atoms with Crippen LogP contribution < -0.4 is 11.1 Å². The summed E-state index contributed by atoms with van der Waals surface area (Å²) in [6.45, 7) is 3.58. The molecule has 1 unspecified atom stereocenters. The number of nitrogens with one attached hydrogen (secondary N) is 1. The van der Waals surface area contributed by atoms with E-state index in [9.17, 15) is 4.79 Å². The molecule has 1 heterocycles. The Hall–Kier alpha value is -2.14. The lowest BCUT2D eigenvalue weighted by molar-refractivity contribution is 0.0951. The van der Waals surface area contributed by atoms with E-state index in [0.717, 1.165) is 19.5 Å². The summed E-state index contributed by atoms with van der Waals surface area (Å²) in [7, 11) is 0. The van der Waals surface area contributed by atoms with Crippen LogP contribution in [-0.4, -0.2) is 27.9 Å². The molecule has 0 radical (unpaired) electrons. The second-order valence-electron chi connectivity index (χ2n) is 4.82. The molecule has 106 valence electrons. The van der Waals surface area contributed by atoms with Gasteiger partial charge in [0.2, 0.25) is 0 Å². The second kappa shape index (κ2) is 6.86. The first-order valence-electron chi connectivity index (χ1n) is 6.75. The van der Waals surface area contributed by atoms with Gasteiger partial charge in [0.05, 0.1) is 12.4 Å². The molecule has 20 heavy (non-hydrogen) atoms. The smallest absolute Gasteiger partial charge is 0.179 e. The number of carbonyl (C=O) groups excluding carboxylic acids is 1. The molecule has 0 saturated carbocycles. The van der Waals surface area contributed by atoms with Gasteiger partial charge in [-0.1, -0.05) is 0 Å². The van der Waals surface area contributed by atoms with Gasteiger partial charge in [0.15, 0.2) is 5.78 Å². The predicted octanol–water partition coefficient (Wildman–Crippen LogP) is 1.72. The quantitative estimate of drug-likeness (QED) is 0.457. The van der Waals surface area contributed by atoms with Crippen molar-refractivity contribution in [2.24, 2.45) is 0 Å². The molecule has 1 aromatic heterocycles. The van der Waals surface area contributed by atoms with E-state index in [1.54, 1.807) is 36.8 Å².